The van der Waals surface area contributed by atoms with Gasteiger partial charge in [-0.25, -0.2) is 9.59 Å². The summed E-state index contributed by atoms with van der Waals surface area (Å²) in [7, 11) is 1.32. The first-order valence-corrected chi connectivity index (χ1v) is 11.4. The normalized spacial score (nSPS) is 21.7. The molecular weight excluding hydrogens is 420 g/mol. The topological polar surface area (TPSA) is 93.7 Å². The maximum absolute atomic E-state index is 12.7. The van der Waals surface area contributed by atoms with E-state index in [1.54, 1.807) is 0 Å². The summed E-state index contributed by atoms with van der Waals surface area (Å²) in [6.07, 6.45) is 0.546. The number of hydrogen-bond donors (Lipinski definition) is 2. The first kappa shape index (κ1) is 22.8. The third-order valence-electron chi connectivity index (χ3n) is 6.51. The lowest BCUT2D eigenvalue weighted by Gasteiger charge is -2.39. The minimum Gasteiger partial charge on any atom is -0.467 e. The van der Waals surface area contributed by atoms with Crippen LogP contribution < -0.4 is 10.6 Å². The number of ether oxygens (including phenoxy) is 2. The molecule has 2 aromatic carbocycles. The first-order chi connectivity index (χ1) is 15.8. The van der Waals surface area contributed by atoms with Gasteiger partial charge in [-0.2, -0.15) is 0 Å². The van der Waals surface area contributed by atoms with E-state index in [0.717, 1.165) is 22.3 Å². The first-order valence-electron chi connectivity index (χ1n) is 11.4. The van der Waals surface area contributed by atoms with Crippen molar-refractivity contribution in [1.29, 1.82) is 0 Å². The maximum atomic E-state index is 12.7. The van der Waals surface area contributed by atoms with E-state index in [1.807, 2.05) is 38.1 Å². The van der Waals surface area contributed by atoms with Gasteiger partial charge in [0.25, 0.3) is 0 Å². The SMILES string of the molecule is COC(=O)[C@@]1(CC(C)C)CC[C@@H](NC(=O)OCC2c3ccccc3-c3ccccc32)C(=O)N1. The number of rotatable bonds is 6. The molecule has 2 amide bonds. The van der Waals surface area contributed by atoms with Crippen LogP contribution in [0.5, 0.6) is 0 Å². The zero-order valence-corrected chi connectivity index (χ0v) is 19.2. The van der Waals surface area contributed by atoms with E-state index < -0.39 is 29.6 Å². The standard InChI is InChI=1S/C26H30N2O5/c1-16(2)14-26(24(30)32-3)13-12-22(23(29)28-26)27-25(31)33-15-21-19-10-6-4-8-17(19)18-9-5-7-11-20(18)21/h4-11,16,21-22H,12-15H2,1-3H3,(H,27,31)(H,28,29)/t22-,26+/m1/s1. The van der Waals surface area contributed by atoms with Crippen molar-refractivity contribution in [3.8, 4) is 11.1 Å². The van der Waals surface area contributed by atoms with E-state index in [2.05, 4.69) is 34.9 Å². The third-order valence-corrected chi connectivity index (χ3v) is 6.51. The molecule has 7 nitrogen and oxygen atoms in total. The van der Waals surface area contributed by atoms with Crippen molar-refractivity contribution in [2.45, 2.75) is 50.6 Å². The second-order valence-corrected chi connectivity index (χ2v) is 9.22. The minimum absolute atomic E-state index is 0.0543. The summed E-state index contributed by atoms with van der Waals surface area (Å²) in [4.78, 5) is 37.7. The van der Waals surface area contributed by atoms with Gasteiger partial charge in [-0.05, 0) is 47.4 Å². The molecule has 174 valence electrons. The number of amides is 2. The van der Waals surface area contributed by atoms with E-state index in [-0.39, 0.29) is 18.4 Å². The van der Waals surface area contributed by atoms with Gasteiger partial charge in [0, 0.05) is 5.92 Å². The Hall–Kier alpha value is -3.35. The Morgan fingerprint density at radius 1 is 1.09 bits per heavy atom. The number of benzene rings is 2. The van der Waals surface area contributed by atoms with Crippen molar-refractivity contribution in [3.63, 3.8) is 0 Å². The summed E-state index contributed by atoms with van der Waals surface area (Å²) in [5.41, 5.74) is 3.49. The van der Waals surface area contributed by atoms with Crippen LogP contribution in [0.3, 0.4) is 0 Å². The van der Waals surface area contributed by atoms with Crippen LogP contribution in [0.15, 0.2) is 48.5 Å². The number of nitrogens with one attached hydrogen (secondary N) is 2. The van der Waals surface area contributed by atoms with Gasteiger partial charge in [-0.15, -0.1) is 0 Å². The maximum Gasteiger partial charge on any atom is 0.407 e. The van der Waals surface area contributed by atoms with Crippen LogP contribution in [0.4, 0.5) is 4.79 Å². The molecule has 2 aliphatic rings. The van der Waals surface area contributed by atoms with Gasteiger partial charge in [0.1, 0.15) is 18.2 Å². The Labute approximate surface area is 193 Å². The largest absolute Gasteiger partial charge is 0.467 e. The molecule has 1 fully saturated rings. The molecule has 1 heterocycles. The molecule has 2 atom stereocenters. The Bertz CT molecular complexity index is 1020. The van der Waals surface area contributed by atoms with Crippen LogP contribution in [0.25, 0.3) is 11.1 Å². The fraction of sp³-hybridized carbons (Fsp3) is 0.423. The lowest BCUT2D eigenvalue weighted by Crippen LogP contribution is -2.64. The molecule has 1 aliphatic carbocycles. The van der Waals surface area contributed by atoms with Gasteiger partial charge in [0.2, 0.25) is 5.91 Å². The second-order valence-electron chi connectivity index (χ2n) is 9.22. The van der Waals surface area contributed by atoms with Gasteiger partial charge in [-0.3, -0.25) is 4.79 Å². The van der Waals surface area contributed by atoms with Gasteiger partial charge in [0.15, 0.2) is 0 Å². The van der Waals surface area contributed by atoms with Crippen LogP contribution in [0, 0.1) is 5.92 Å². The number of esters is 1. The minimum atomic E-state index is -1.06. The van der Waals surface area contributed by atoms with Crippen LogP contribution >= 0.6 is 0 Å². The molecule has 2 N–H and O–H groups in total. The Morgan fingerprint density at radius 2 is 1.70 bits per heavy atom. The van der Waals surface area contributed by atoms with E-state index in [1.165, 1.54) is 7.11 Å². The molecule has 1 aliphatic heterocycles. The summed E-state index contributed by atoms with van der Waals surface area (Å²) >= 11 is 0. The highest BCUT2D eigenvalue weighted by molar-refractivity contribution is 5.93. The van der Waals surface area contributed by atoms with Crippen LogP contribution in [-0.2, 0) is 19.1 Å². The molecule has 0 saturated carbocycles. The predicted octanol–water partition coefficient (Wildman–Crippen LogP) is 3.76. The number of methoxy groups -OCH3 is 1. The number of carbonyl (C=O) groups is 3. The Kier molecular flexibility index (Phi) is 6.40. The number of alkyl carbamates (subject to hydrolysis) is 1. The number of hydrogen-bond acceptors (Lipinski definition) is 5. The van der Waals surface area contributed by atoms with E-state index in [9.17, 15) is 14.4 Å². The molecule has 33 heavy (non-hydrogen) atoms. The van der Waals surface area contributed by atoms with Gasteiger partial charge in [0.05, 0.1) is 7.11 Å². The molecule has 2 aromatic rings. The fourth-order valence-electron chi connectivity index (χ4n) is 5.11. The van der Waals surface area contributed by atoms with E-state index >= 15 is 0 Å². The second kappa shape index (κ2) is 9.25. The van der Waals surface area contributed by atoms with Crippen LogP contribution in [0.2, 0.25) is 0 Å². The highest BCUT2D eigenvalue weighted by Gasteiger charge is 2.47. The molecule has 0 bridgehead atoms. The van der Waals surface area contributed by atoms with Crippen molar-refractivity contribution in [2.24, 2.45) is 5.92 Å². The molecule has 0 spiro atoms. The van der Waals surface area contributed by atoms with Crippen LogP contribution in [0.1, 0.15) is 50.2 Å². The monoisotopic (exact) mass is 450 g/mol. The Balaban J connectivity index is 1.38. The molecule has 4 rings (SSSR count). The quantitative estimate of drug-likeness (QED) is 0.654. The van der Waals surface area contributed by atoms with E-state index in [4.69, 9.17) is 9.47 Å². The summed E-state index contributed by atoms with van der Waals surface area (Å²) < 4.78 is 10.5. The fourth-order valence-corrected chi connectivity index (χ4v) is 5.11. The molecule has 7 heteroatoms. The predicted molar refractivity (Wildman–Crippen MR) is 124 cm³/mol. The molecule has 0 aromatic heterocycles. The van der Waals surface area contributed by atoms with Crippen molar-refractivity contribution in [3.05, 3.63) is 59.7 Å². The smallest absolute Gasteiger partial charge is 0.407 e. The van der Waals surface area contributed by atoms with Gasteiger partial charge in [-0.1, -0.05) is 62.4 Å². The average molecular weight is 451 g/mol. The highest BCUT2D eigenvalue weighted by Crippen LogP contribution is 2.44. The third kappa shape index (κ3) is 4.45. The van der Waals surface area contributed by atoms with Crippen molar-refractivity contribution >= 4 is 18.0 Å². The molecule has 0 radical (unpaired) electrons. The van der Waals surface area contributed by atoms with Crippen molar-refractivity contribution in [2.75, 3.05) is 13.7 Å². The Morgan fingerprint density at radius 3 is 2.24 bits per heavy atom. The zero-order valence-electron chi connectivity index (χ0n) is 19.2. The summed E-state index contributed by atoms with van der Waals surface area (Å²) in [5, 5.41) is 5.47. The number of piperidine rings is 1. The van der Waals surface area contributed by atoms with Crippen molar-refractivity contribution < 1.29 is 23.9 Å². The molecule has 1 saturated heterocycles. The summed E-state index contributed by atoms with van der Waals surface area (Å²) in [6, 6.07) is 15.5. The van der Waals surface area contributed by atoms with Crippen LogP contribution in [-0.4, -0.2) is 43.3 Å². The highest BCUT2D eigenvalue weighted by atomic mass is 16.5. The summed E-state index contributed by atoms with van der Waals surface area (Å²) in [5.74, 6) is -0.720. The van der Waals surface area contributed by atoms with Crippen molar-refractivity contribution in [1.82, 2.24) is 10.6 Å². The molecule has 0 unspecified atom stereocenters. The number of carbonyl (C=O) groups excluding carboxylic acids is 3. The van der Waals surface area contributed by atoms with E-state index in [0.29, 0.717) is 19.3 Å². The molecular formula is C26H30N2O5. The van der Waals surface area contributed by atoms with Gasteiger partial charge < -0.3 is 20.1 Å². The van der Waals surface area contributed by atoms with Gasteiger partial charge >= 0.3 is 12.1 Å². The lowest BCUT2D eigenvalue weighted by atomic mass is 9.80. The summed E-state index contributed by atoms with van der Waals surface area (Å²) in [6.45, 7) is 4.14. The average Bonchev–Trinajstić information content (AvgIpc) is 3.12. The number of fused-ring (bicyclic) bond motifs is 3. The lowest BCUT2D eigenvalue weighted by molar-refractivity contribution is -0.154. The zero-order chi connectivity index (χ0) is 23.6.